The number of hydrazine groups is 1. The number of aromatic nitrogens is 3. The summed E-state index contributed by atoms with van der Waals surface area (Å²) in [6.45, 7) is 4.01. The van der Waals surface area contributed by atoms with Crippen LogP contribution in [0.25, 0.3) is 0 Å². The van der Waals surface area contributed by atoms with Crippen LogP contribution in [0.15, 0.2) is 24.4 Å². The minimum Gasteiger partial charge on any atom is -0.308 e. The van der Waals surface area contributed by atoms with Gasteiger partial charge in [-0.15, -0.1) is 0 Å². The Kier molecular flexibility index (Phi) is 3.99. The van der Waals surface area contributed by atoms with Crippen LogP contribution in [0, 0.1) is 0 Å². The van der Waals surface area contributed by atoms with Gasteiger partial charge in [0.1, 0.15) is 11.6 Å². The number of carbonyl (C=O) groups is 1. The second kappa shape index (κ2) is 5.70. The highest BCUT2D eigenvalue weighted by Gasteiger charge is 2.13. The predicted molar refractivity (Wildman–Crippen MR) is 77.3 cm³/mol. The Labute approximate surface area is 117 Å². The van der Waals surface area contributed by atoms with Gasteiger partial charge in [0.05, 0.1) is 6.20 Å². The number of carbonyl (C=O) groups excluding carboxylic acids is 1. The van der Waals surface area contributed by atoms with E-state index in [9.17, 15) is 4.79 Å². The molecule has 0 bridgehead atoms. The summed E-state index contributed by atoms with van der Waals surface area (Å²) in [5, 5.41) is 6.79. The van der Waals surface area contributed by atoms with Crippen molar-refractivity contribution >= 4 is 17.5 Å². The number of nitrogen functional groups attached to an aromatic ring is 1. The lowest BCUT2D eigenvalue weighted by atomic mass is 10.1. The number of rotatable bonds is 4. The van der Waals surface area contributed by atoms with Gasteiger partial charge in [-0.25, -0.2) is 10.8 Å². The molecule has 0 radical (unpaired) electrons. The van der Waals surface area contributed by atoms with Crippen LogP contribution in [-0.4, -0.2) is 20.7 Å². The molecule has 0 aliphatic heterocycles. The first-order valence-electron chi connectivity index (χ1n) is 6.29. The standard InChI is InChI=1S/C13H18N6O/c1-8(2)10-6-9(7-11(16-10)18-14)13(20)17-12-4-5-15-19(12)3/h4-8H,14H2,1-3H3,(H,16,18)(H,17,20). The van der Waals surface area contributed by atoms with Gasteiger partial charge in [-0.2, -0.15) is 5.10 Å². The van der Waals surface area contributed by atoms with Crippen molar-refractivity contribution < 1.29 is 4.79 Å². The molecule has 2 heterocycles. The molecule has 0 unspecified atom stereocenters. The van der Waals surface area contributed by atoms with Crippen LogP contribution in [0.3, 0.4) is 0 Å². The third kappa shape index (κ3) is 2.94. The van der Waals surface area contributed by atoms with Crippen LogP contribution in [0.4, 0.5) is 11.6 Å². The highest BCUT2D eigenvalue weighted by atomic mass is 16.1. The van der Waals surface area contributed by atoms with Gasteiger partial charge < -0.3 is 10.7 Å². The molecular formula is C13H18N6O. The van der Waals surface area contributed by atoms with Crippen molar-refractivity contribution in [2.24, 2.45) is 12.9 Å². The normalized spacial score (nSPS) is 10.7. The van der Waals surface area contributed by atoms with Gasteiger partial charge in [0.25, 0.3) is 5.91 Å². The lowest BCUT2D eigenvalue weighted by Crippen LogP contribution is -2.17. The van der Waals surface area contributed by atoms with Crippen molar-refractivity contribution in [3.05, 3.63) is 35.7 Å². The van der Waals surface area contributed by atoms with E-state index in [0.29, 0.717) is 17.2 Å². The van der Waals surface area contributed by atoms with Crippen molar-refractivity contribution in [2.75, 3.05) is 10.7 Å². The molecule has 0 aromatic carbocycles. The fraction of sp³-hybridized carbons (Fsp3) is 0.308. The van der Waals surface area contributed by atoms with Gasteiger partial charge in [0, 0.05) is 24.4 Å². The number of nitrogens with two attached hydrogens (primary N) is 1. The summed E-state index contributed by atoms with van der Waals surface area (Å²) >= 11 is 0. The minimum absolute atomic E-state index is 0.201. The second-order valence-corrected chi connectivity index (χ2v) is 4.76. The SMILES string of the molecule is CC(C)c1cc(C(=O)Nc2ccnn2C)cc(NN)n1. The molecule has 0 saturated heterocycles. The van der Waals surface area contributed by atoms with E-state index in [1.165, 1.54) is 0 Å². The number of anilines is 2. The summed E-state index contributed by atoms with van der Waals surface area (Å²) in [7, 11) is 1.76. The molecule has 0 spiro atoms. The van der Waals surface area contributed by atoms with Crippen LogP contribution in [0.2, 0.25) is 0 Å². The molecule has 1 amide bonds. The number of amides is 1. The van der Waals surface area contributed by atoms with Crippen molar-refractivity contribution in [3.8, 4) is 0 Å². The summed E-state index contributed by atoms with van der Waals surface area (Å²) in [5.74, 6) is 6.45. The highest BCUT2D eigenvalue weighted by Crippen LogP contribution is 2.18. The molecule has 2 aromatic heterocycles. The van der Waals surface area contributed by atoms with Crippen LogP contribution in [0.5, 0.6) is 0 Å². The van der Waals surface area contributed by atoms with Crippen LogP contribution in [0.1, 0.15) is 35.8 Å². The molecule has 0 saturated carbocycles. The number of nitrogens with one attached hydrogen (secondary N) is 2. The molecule has 0 aliphatic rings. The van der Waals surface area contributed by atoms with Crippen LogP contribution < -0.4 is 16.6 Å². The van der Waals surface area contributed by atoms with Gasteiger partial charge in [-0.3, -0.25) is 9.48 Å². The van der Waals surface area contributed by atoms with E-state index in [-0.39, 0.29) is 11.8 Å². The highest BCUT2D eigenvalue weighted by molar-refractivity contribution is 6.04. The molecular weight excluding hydrogens is 256 g/mol. The Balaban J connectivity index is 2.29. The van der Waals surface area contributed by atoms with Gasteiger partial charge in [-0.05, 0) is 18.1 Å². The van der Waals surface area contributed by atoms with E-state index in [1.54, 1.807) is 36.1 Å². The average Bonchev–Trinajstić information content (AvgIpc) is 2.83. The molecule has 4 N–H and O–H groups in total. The fourth-order valence-corrected chi connectivity index (χ4v) is 1.74. The van der Waals surface area contributed by atoms with Crippen molar-refractivity contribution in [1.29, 1.82) is 0 Å². The van der Waals surface area contributed by atoms with Crippen molar-refractivity contribution in [2.45, 2.75) is 19.8 Å². The predicted octanol–water partition coefficient (Wildman–Crippen LogP) is 1.48. The maximum Gasteiger partial charge on any atom is 0.257 e. The first-order valence-corrected chi connectivity index (χ1v) is 6.29. The van der Waals surface area contributed by atoms with Crippen molar-refractivity contribution in [3.63, 3.8) is 0 Å². The molecule has 106 valence electrons. The number of hydrogen-bond acceptors (Lipinski definition) is 5. The lowest BCUT2D eigenvalue weighted by molar-refractivity contribution is 0.102. The smallest absolute Gasteiger partial charge is 0.257 e. The summed E-state index contributed by atoms with van der Waals surface area (Å²) < 4.78 is 1.59. The minimum atomic E-state index is -0.227. The number of hydrogen-bond donors (Lipinski definition) is 3. The Morgan fingerprint density at radius 1 is 1.40 bits per heavy atom. The molecule has 0 aliphatic carbocycles. The van der Waals surface area contributed by atoms with Gasteiger partial charge in [0.15, 0.2) is 0 Å². The van der Waals surface area contributed by atoms with Crippen molar-refractivity contribution in [1.82, 2.24) is 14.8 Å². The Morgan fingerprint density at radius 2 is 2.15 bits per heavy atom. The average molecular weight is 274 g/mol. The lowest BCUT2D eigenvalue weighted by Gasteiger charge is -2.11. The monoisotopic (exact) mass is 274 g/mol. The van der Waals surface area contributed by atoms with Gasteiger partial charge >= 0.3 is 0 Å². The molecule has 7 nitrogen and oxygen atoms in total. The number of nitrogens with zero attached hydrogens (tertiary/aromatic N) is 3. The third-order valence-corrected chi connectivity index (χ3v) is 2.91. The molecule has 0 fully saturated rings. The Bertz CT molecular complexity index is 619. The zero-order valence-corrected chi connectivity index (χ0v) is 11.7. The largest absolute Gasteiger partial charge is 0.308 e. The van der Waals surface area contributed by atoms with E-state index in [0.717, 1.165) is 5.69 Å². The summed E-state index contributed by atoms with van der Waals surface area (Å²) in [4.78, 5) is 16.6. The quantitative estimate of drug-likeness (QED) is 0.579. The summed E-state index contributed by atoms with van der Waals surface area (Å²) in [6, 6.07) is 5.10. The Morgan fingerprint density at radius 3 is 2.70 bits per heavy atom. The molecule has 2 rings (SSSR count). The fourth-order valence-electron chi connectivity index (χ4n) is 1.74. The number of pyridine rings is 1. The molecule has 20 heavy (non-hydrogen) atoms. The molecule has 2 aromatic rings. The third-order valence-electron chi connectivity index (χ3n) is 2.91. The maximum absolute atomic E-state index is 12.3. The maximum atomic E-state index is 12.3. The zero-order valence-electron chi connectivity index (χ0n) is 11.7. The van der Waals surface area contributed by atoms with Gasteiger partial charge in [-0.1, -0.05) is 13.8 Å². The van der Waals surface area contributed by atoms with E-state index in [1.807, 2.05) is 13.8 Å². The Hall–Kier alpha value is -2.41. The first-order chi connectivity index (χ1) is 9.51. The van der Waals surface area contributed by atoms with E-state index in [2.05, 4.69) is 20.8 Å². The topological polar surface area (TPSA) is 97.9 Å². The van der Waals surface area contributed by atoms with Gasteiger partial charge in [0.2, 0.25) is 0 Å². The molecule has 7 heteroatoms. The van der Waals surface area contributed by atoms with Crippen LogP contribution >= 0.6 is 0 Å². The summed E-state index contributed by atoms with van der Waals surface area (Å²) in [5.41, 5.74) is 3.78. The van der Waals surface area contributed by atoms with E-state index < -0.39 is 0 Å². The molecule has 0 atom stereocenters. The van der Waals surface area contributed by atoms with E-state index in [4.69, 9.17) is 5.84 Å². The van der Waals surface area contributed by atoms with E-state index >= 15 is 0 Å². The second-order valence-electron chi connectivity index (χ2n) is 4.76. The summed E-state index contributed by atoms with van der Waals surface area (Å²) in [6.07, 6.45) is 1.62. The number of aryl methyl sites for hydroxylation is 1. The van der Waals surface area contributed by atoms with Crippen LogP contribution in [-0.2, 0) is 7.05 Å². The zero-order chi connectivity index (χ0) is 14.7. The first kappa shape index (κ1) is 14.0.